The topological polar surface area (TPSA) is 47.8 Å². The van der Waals surface area contributed by atoms with Crippen molar-refractivity contribution in [1.82, 2.24) is 15.0 Å². The van der Waals surface area contributed by atoms with E-state index in [1.807, 2.05) is 13.0 Å². The zero-order chi connectivity index (χ0) is 10.3. The van der Waals surface area contributed by atoms with E-state index in [4.69, 9.17) is 0 Å². The highest BCUT2D eigenvalue weighted by Gasteiger charge is 2.08. The van der Waals surface area contributed by atoms with E-state index in [1.165, 1.54) is 16.0 Å². The van der Waals surface area contributed by atoms with Crippen LogP contribution in [-0.2, 0) is 7.05 Å². The van der Waals surface area contributed by atoms with Crippen molar-refractivity contribution in [3.63, 3.8) is 0 Å². The van der Waals surface area contributed by atoms with Gasteiger partial charge < -0.3 is 0 Å². The van der Waals surface area contributed by atoms with Crippen LogP contribution in [0.25, 0.3) is 15.8 Å². The monoisotopic (exact) mass is 207 g/mol. The van der Waals surface area contributed by atoms with E-state index in [-0.39, 0.29) is 5.56 Å². The number of fused-ring (bicyclic) bond motifs is 1. The van der Waals surface area contributed by atoms with E-state index in [0.717, 1.165) is 10.5 Å². The second-order valence-corrected chi connectivity index (χ2v) is 4.16. The Kier molecular flexibility index (Phi) is 1.96. The van der Waals surface area contributed by atoms with Crippen LogP contribution in [-0.4, -0.2) is 15.0 Å². The SMILES string of the molecule is C=C(C)c1cc2c(=O)n(C)nnc2s1. The lowest BCUT2D eigenvalue weighted by molar-refractivity contribution is 0.658. The Labute approximate surface area is 84.5 Å². The second kappa shape index (κ2) is 3.02. The third-order valence-electron chi connectivity index (χ3n) is 1.93. The van der Waals surface area contributed by atoms with Crippen LogP contribution in [0, 0.1) is 0 Å². The van der Waals surface area contributed by atoms with E-state index in [9.17, 15) is 4.79 Å². The summed E-state index contributed by atoms with van der Waals surface area (Å²) >= 11 is 1.44. The molecule has 0 aliphatic carbocycles. The number of hydrogen-bond donors (Lipinski definition) is 0. The van der Waals surface area contributed by atoms with Gasteiger partial charge in [0.1, 0.15) is 0 Å². The molecule has 2 heterocycles. The molecule has 0 N–H and O–H groups in total. The molecule has 72 valence electrons. The van der Waals surface area contributed by atoms with Crippen LogP contribution in [0.1, 0.15) is 11.8 Å². The summed E-state index contributed by atoms with van der Waals surface area (Å²) in [7, 11) is 1.59. The summed E-state index contributed by atoms with van der Waals surface area (Å²) in [5.41, 5.74) is 0.828. The summed E-state index contributed by atoms with van der Waals surface area (Å²) < 4.78 is 1.23. The van der Waals surface area contributed by atoms with Crippen molar-refractivity contribution in [2.24, 2.45) is 7.05 Å². The van der Waals surface area contributed by atoms with Crippen molar-refractivity contribution in [2.45, 2.75) is 6.92 Å². The molecule has 0 bridgehead atoms. The van der Waals surface area contributed by atoms with Crippen LogP contribution in [0.15, 0.2) is 17.4 Å². The molecule has 0 aliphatic heterocycles. The Morgan fingerprint density at radius 1 is 1.64 bits per heavy atom. The number of allylic oxidation sites excluding steroid dienone is 1. The van der Waals surface area contributed by atoms with Crippen LogP contribution in [0.3, 0.4) is 0 Å². The lowest BCUT2D eigenvalue weighted by atomic mass is 10.2. The maximum absolute atomic E-state index is 11.6. The number of nitrogens with zero attached hydrogens (tertiary/aromatic N) is 3. The Hall–Kier alpha value is -1.49. The fourth-order valence-corrected chi connectivity index (χ4v) is 2.03. The van der Waals surface area contributed by atoms with Crippen molar-refractivity contribution in [3.05, 3.63) is 27.9 Å². The Morgan fingerprint density at radius 2 is 2.36 bits per heavy atom. The smallest absolute Gasteiger partial charge is 0.267 e. The van der Waals surface area contributed by atoms with Gasteiger partial charge in [-0.05, 0) is 18.6 Å². The first-order valence-electron chi connectivity index (χ1n) is 4.09. The maximum Gasteiger partial charge on any atom is 0.278 e. The predicted molar refractivity (Wildman–Crippen MR) is 57.4 cm³/mol. The Morgan fingerprint density at radius 3 is 3.00 bits per heavy atom. The van der Waals surface area contributed by atoms with E-state index >= 15 is 0 Å². The number of aryl methyl sites for hydroxylation is 1. The molecule has 0 spiro atoms. The first-order chi connectivity index (χ1) is 6.59. The average molecular weight is 207 g/mol. The number of thiophene rings is 1. The minimum Gasteiger partial charge on any atom is -0.267 e. The van der Waals surface area contributed by atoms with Crippen molar-refractivity contribution < 1.29 is 0 Å². The lowest BCUT2D eigenvalue weighted by Crippen LogP contribution is -2.19. The van der Waals surface area contributed by atoms with Gasteiger partial charge in [0.05, 0.1) is 5.39 Å². The molecule has 0 fully saturated rings. The molecule has 0 atom stereocenters. The zero-order valence-corrected chi connectivity index (χ0v) is 8.76. The van der Waals surface area contributed by atoms with Crippen molar-refractivity contribution in [3.8, 4) is 0 Å². The highest BCUT2D eigenvalue weighted by Crippen LogP contribution is 2.25. The van der Waals surface area contributed by atoms with E-state index in [1.54, 1.807) is 7.05 Å². The minimum atomic E-state index is -0.112. The minimum absolute atomic E-state index is 0.112. The van der Waals surface area contributed by atoms with E-state index in [2.05, 4.69) is 16.9 Å². The average Bonchev–Trinajstić information content (AvgIpc) is 2.56. The van der Waals surface area contributed by atoms with Gasteiger partial charge in [-0.2, -0.15) is 0 Å². The first-order valence-corrected chi connectivity index (χ1v) is 4.90. The number of hydrogen-bond acceptors (Lipinski definition) is 4. The molecule has 0 aromatic carbocycles. The molecular formula is C9H9N3OS. The Balaban J connectivity index is 2.84. The van der Waals surface area contributed by atoms with Crippen molar-refractivity contribution >= 4 is 27.1 Å². The highest BCUT2D eigenvalue weighted by molar-refractivity contribution is 7.19. The molecule has 0 aliphatic rings. The van der Waals surface area contributed by atoms with Crippen LogP contribution in [0.5, 0.6) is 0 Å². The van der Waals surface area contributed by atoms with Gasteiger partial charge >= 0.3 is 0 Å². The van der Waals surface area contributed by atoms with Crippen LogP contribution in [0.2, 0.25) is 0 Å². The molecule has 2 rings (SSSR count). The number of rotatable bonds is 1. The fourth-order valence-electron chi connectivity index (χ4n) is 1.14. The van der Waals surface area contributed by atoms with Gasteiger partial charge in [-0.25, -0.2) is 4.68 Å². The molecular weight excluding hydrogens is 198 g/mol. The molecule has 0 amide bonds. The molecule has 0 radical (unpaired) electrons. The van der Waals surface area contributed by atoms with Crippen LogP contribution < -0.4 is 5.56 Å². The van der Waals surface area contributed by atoms with E-state index < -0.39 is 0 Å². The molecule has 5 heteroatoms. The number of aromatic nitrogens is 3. The Bertz CT molecular complexity index is 567. The van der Waals surface area contributed by atoms with Gasteiger partial charge in [0.25, 0.3) is 5.56 Å². The summed E-state index contributed by atoms with van der Waals surface area (Å²) in [5.74, 6) is 0. The summed E-state index contributed by atoms with van der Waals surface area (Å²) in [4.78, 5) is 13.3. The van der Waals surface area contributed by atoms with Crippen molar-refractivity contribution in [1.29, 1.82) is 0 Å². The maximum atomic E-state index is 11.6. The highest BCUT2D eigenvalue weighted by atomic mass is 32.1. The fraction of sp³-hybridized carbons (Fsp3) is 0.222. The first kappa shape index (κ1) is 9.08. The van der Waals surface area contributed by atoms with Gasteiger partial charge in [0, 0.05) is 11.9 Å². The third kappa shape index (κ3) is 1.26. The summed E-state index contributed by atoms with van der Waals surface area (Å²) in [6, 6.07) is 1.82. The molecule has 2 aromatic rings. The van der Waals surface area contributed by atoms with Crippen LogP contribution in [0.4, 0.5) is 0 Å². The largest absolute Gasteiger partial charge is 0.278 e. The standard InChI is InChI=1S/C9H9N3OS/c1-5(2)7-4-6-8(14-7)10-11-12(3)9(6)13/h4H,1H2,2-3H3. The summed E-state index contributed by atoms with van der Waals surface area (Å²) in [5, 5.41) is 8.27. The van der Waals surface area contributed by atoms with Gasteiger partial charge in [0.2, 0.25) is 0 Å². The molecule has 14 heavy (non-hydrogen) atoms. The molecule has 4 nitrogen and oxygen atoms in total. The van der Waals surface area contributed by atoms with Gasteiger partial charge in [0.15, 0.2) is 4.83 Å². The zero-order valence-electron chi connectivity index (χ0n) is 7.94. The quantitative estimate of drug-likeness (QED) is 0.710. The van der Waals surface area contributed by atoms with E-state index in [0.29, 0.717) is 10.2 Å². The molecule has 0 saturated heterocycles. The van der Waals surface area contributed by atoms with Gasteiger partial charge in [-0.15, -0.1) is 16.4 Å². The van der Waals surface area contributed by atoms with Crippen molar-refractivity contribution in [2.75, 3.05) is 0 Å². The molecule has 0 unspecified atom stereocenters. The second-order valence-electron chi connectivity index (χ2n) is 3.13. The molecule has 0 saturated carbocycles. The predicted octanol–water partition coefficient (Wildman–Crippen LogP) is 1.42. The summed E-state index contributed by atoms with van der Waals surface area (Å²) in [6.45, 7) is 5.73. The summed E-state index contributed by atoms with van der Waals surface area (Å²) in [6.07, 6.45) is 0. The normalized spacial score (nSPS) is 10.7. The van der Waals surface area contributed by atoms with Crippen LogP contribution >= 0.6 is 11.3 Å². The third-order valence-corrected chi connectivity index (χ3v) is 3.11. The van der Waals surface area contributed by atoms with Gasteiger partial charge in [-0.1, -0.05) is 11.8 Å². The lowest BCUT2D eigenvalue weighted by Gasteiger charge is -1.91. The van der Waals surface area contributed by atoms with Gasteiger partial charge in [-0.3, -0.25) is 4.79 Å². The molecule has 2 aromatic heterocycles.